The fourth-order valence-electron chi connectivity index (χ4n) is 3.46. The number of rotatable bonds is 6. The molecule has 2 aromatic rings. The molecule has 1 atom stereocenters. The maximum atomic E-state index is 13.3. The Hall–Kier alpha value is -3.72. The summed E-state index contributed by atoms with van der Waals surface area (Å²) in [5, 5.41) is 9.82. The summed E-state index contributed by atoms with van der Waals surface area (Å²) in [4.78, 5) is 42.5. The minimum atomic E-state index is -1.31. The molecule has 0 fully saturated rings. The number of ketones is 1. The molecule has 0 aliphatic carbocycles. The number of imide groups is 1. The van der Waals surface area contributed by atoms with Crippen molar-refractivity contribution in [3.05, 3.63) is 76.5 Å². The number of benzene rings is 2. The van der Waals surface area contributed by atoms with Gasteiger partial charge < -0.3 is 9.84 Å². The first-order chi connectivity index (χ1) is 15.3. The highest BCUT2D eigenvalue weighted by atomic mass is 19.2. The van der Waals surface area contributed by atoms with E-state index in [0.717, 1.165) is 17.0 Å². The van der Waals surface area contributed by atoms with E-state index in [9.17, 15) is 28.3 Å². The van der Waals surface area contributed by atoms with Gasteiger partial charge in [0.15, 0.2) is 23.5 Å². The van der Waals surface area contributed by atoms with Gasteiger partial charge in [-0.05, 0) is 49.2 Å². The van der Waals surface area contributed by atoms with Crippen molar-refractivity contribution < 1.29 is 33.0 Å². The number of aliphatic hydroxyl groups excluding tert-OH is 1. The molecule has 2 aliphatic rings. The number of aliphatic imine (C=N–C) groups is 1. The number of hydrogen-bond acceptors (Lipinski definition) is 6. The number of amides is 2. The second kappa shape index (κ2) is 8.43. The lowest BCUT2D eigenvalue weighted by Gasteiger charge is -2.18. The third-order valence-corrected chi connectivity index (χ3v) is 5.32. The maximum absolute atomic E-state index is 13.3. The Labute approximate surface area is 181 Å². The van der Waals surface area contributed by atoms with Crippen LogP contribution in [0, 0.1) is 11.6 Å². The van der Waals surface area contributed by atoms with Gasteiger partial charge in [-0.15, -0.1) is 0 Å². The molecular weight excluding hydrogens is 422 g/mol. The lowest BCUT2D eigenvalue weighted by Crippen LogP contribution is -2.35. The molecule has 0 saturated carbocycles. The molecule has 4 rings (SSSR count). The van der Waals surface area contributed by atoms with Crippen molar-refractivity contribution in [3.63, 3.8) is 0 Å². The van der Waals surface area contributed by atoms with Crippen molar-refractivity contribution in [2.45, 2.75) is 26.1 Å². The van der Waals surface area contributed by atoms with Gasteiger partial charge in [0.05, 0.1) is 16.8 Å². The maximum Gasteiger partial charge on any atom is 0.261 e. The highest BCUT2D eigenvalue weighted by Gasteiger charge is 2.36. The van der Waals surface area contributed by atoms with Crippen LogP contribution in [0.15, 0.2) is 53.2 Å². The van der Waals surface area contributed by atoms with Gasteiger partial charge in [-0.1, -0.05) is 6.07 Å². The number of nitrogens with zero attached hydrogens (tertiary/aromatic N) is 2. The van der Waals surface area contributed by atoms with E-state index >= 15 is 0 Å². The Bertz CT molecular complexity index is 1200. The van der Waals surface area contributed by atoms with E-state index in [1.165, 1.54) is 37.4 Å². The molecule has 7 nitrogen and oxygen atoms in total. The zero-order valence-electron chi connectivity index (χ0n) is 17.0. The number of aliphatic hydroxyl groups is 1. The summed E-state index contributed by atoms with van der Waals surface area (Å²) in [7, 11) is 0. The molecule has 1 unspecified atom stereocenters. The summed E-state index contributed by atoms with van der Waals surface area (Å²) < 4.78 is 31.9. The quantitative estimate of drug-likeness (QED) is 0.697. The van der Waals surface area contributed by atoms with Crippen LogP contribution in [0.25, 0.3) is 0 Å². The molecule has 0 bridgehead atoms. The molecule has 2 amide bonds. The smallest absolute Gasteiger partial charge is 0.261 e. The van der Waals surface area contributed by atoms with Gasteiger partial charge in [-0.2, -0.15) is 0 Å². The summed E-state index contributed by atoms with van der Waals surface area (Å²) in [6, 6.07) is 7.77. The highest BCUT2D eigenvalue weighted by molar-refractivity contribution is 6.21. The summed E-state index contributed by atoms with van der Waals surface area (Å²) in [6.45, 7) is 1.43. The summed E-state index contributed by atoms with van der Waals surface area (Å²) in [5.74, 6) is -3.20. The van der Waals surface area contributed by atoms with Crippen LogP contribution in [0.5, 0.6) is 5.75 Å². The lowest BCUT2D eigenvalue weighted by molar-refractivity contribution is -0.120. The van der Waals surface area contributed by atoms with Crippen molar-refractivity contribution in [1.82, 2.24) is 4.90 Å². The first kappa shape index (κ1) is 21.5. The van der Waals surface area contributed by atoms with Crippen LogP contribution in [0.4, 0.5) is 8.78 Å². The molecular formula is C23H18F2N2O5. The Morgan fingerprint density at radius 2 is 1.78 bits per heavy atom. The standard InChI is InChI=1S/C23H18F2N2O5/c1-12-20(28)21(29)14(10-26-12)6-7-27-22(30)16-4-3-15(9-17(16)23(27)31)32-11-13-2-5-18(24)19(25)8-13/h2-5,8-10,20,28H,6-7,11H2,1H3. The molecule has 0 saturated heterocycles. The molecule has 0 radical (unpaired) electrons. The minimum absolute atomic E-state index is 0.0454. The Balaban J connectivity index is 1.44. The number of ether oxygens (including phenoxy) is 1. The Morgan fingerprint density at radius 3 is 2.53 bits per heavy atom. The fourth-order valence-corrected chi connectivity index (χ4v) is 3.46. The lowest BCUT2D eigenvalue weighted by atomic mass is 9.99. The average molecular weight is 440 g/mol. The summed E-state index contributed by atoms with van der Waals surface area (Å²) >= 11 is 0. The zero-order chi connectivity index (χ0) is 23.0. The number of fused-ring (bicyclic) bond motifs is 1. The number of halogens is 2. The Morgan fingerprint density at radius 1 is 1.03 bits per heavy atom. The number of carbonyl (C=O) groups is 3. The predicted octanol–water partition coefficient (Wildman–Crippen LogP) is 2.82. The second-order valence-corrected chi connectivity index (χ2v) is 7.45. The van der Waals surface area contributed by atoms with Crippen LogP contribution in [0.1, 0.15) is 39.6 Å². The van der Waals surface area contributed by atoms with Crippen molar-refractivity contribution in [2.75, 3.05) is 6.54 Å². The van der Waals surface area contributed by atoms with E-state index in [4.69, 9.17) is 4.74 Å². The van der Waals surface area contributed by atoms with Crippen molar-refractivity contribution >= 4 is 23.3 Å². The molecule has 32 heavy (non-hydrogen) atoms. The number of carbonyl (C=O) groups excluding carboxylic acids is 3. The SMILES string of the molecule is CC1=NC=C(CCN2C(=O)c3ccc(OCc4ccc(F)c(F)c4)cc3C2=O)C(=O)C1O. The zero-order valence-corrected chi connectivity index (χ0v) is 17.0. The van der Waals surface area contributed by atoms with E-state index < -0.39 is 35.3 Å². The van der Waals surface area contributed by atoms with Gasteiger partial charge in [-0.25, -0.2) is 8.78 Å². The van der Waals surface area contributed by atoms with Gasteiger partial charge in [0.25, 0.3) is 11.8 Å². The van der Waals surface area contributed by atoms with Gasteiger partial charge in [-0.3, -0.25) is 24.3 Å². The highest BCUT2D eigenvalue weighted by Crippen LogP contribution is 2.28. The van der Waals surface area contributed by atoms with Gasteiger partial charge >= 0.3 is 0 Å². The molecule has 2 aliphatic heterocycles. The largest absolute Gasteiger partial charge is 0.489 e. The molecule has 1 N–H and O–H groups in total. The van der Waals surface area contributed by atoms with Crippen LogP contribution in [0.3, 0.4) is 0 Å². The van der Waals surface area contributed by atoms with Gasteiger partial charge in [0.1, 0.15) is 12.4 Å². The van der Waals surface area contributed by atoms with Crippen molar-refractivity contribution in [2.24, 2.45) is 4.99 Å². The molecule has 0 aromatic heterocycles. The number of Topliss-reactive ketones (excluding diaryl/α,β-unsaturated/α-hetero) is 1. The van der Waals surface area contributed by atoms with Crippen LogP contribution < -0.4 is 4.74 Å². The van der Waals surface area contributed by atoms with Crippen molar-refractivity contribution in [1.29, 1.82) is 0 Å². The van der Waals surface area contributed by atoms with E-state index in [1.807, 2.05) is 0 Å². The van der Waals surface area contributed by atoms with Crippen LogP contribution in [0.2, 0.25) is 0 Å². The Kier molecular flexibility index (Phi) is 5.67. The minimum Gasteiger partial charge on any atom is -0.489 e. The molecule has 2 aromatic carbocycles. The normalized spacial score (nSPS) is 17.9. The summed E-state index contributed by atoms with van der Waals surface area (Å²) in [6.07, 6.45) is 0.0937. The van der Waals surface area contributed by atoms with Crippen molar-refractivity contribution in [3.8, 4) is 5.75 Å². The first-order valence-electron chi connectivity index (χ1n) is 9.79. The van der Waals surface area contributed by atoms with E-state index in [2.05, 4.69) is 4.99 Å². The van der Waals surface area contributed by atoms with E-state index in [0.29, 0.717) is 5.56 Å². The number of hydrogen-bond donors (Lipinski definition) is 1. The second-order valence-electron chi connectivity index (χ2n) is 7.45. The monoisotopic (exact) mass is 440 g/mol. The topological polar surface area (TPSA) is 96.3 Å². The van der Waals surface area contributed by atoms with Crippen LogP contribution in [-0.2, 0) is 11.4 Å². The first-order valence-corrected chi connectivity index (χ1v) is 9.79. The molecule has 0 spiro atoms. The average Bonchev–Trinajstić information content (AvgIpc) is 3.02. The third kappa shape index (κ3) is 3.94. The third-order valence-electron chi connectivity index (χ3n) is 5.32. The molecule has 9 heteroatoms. The summed E-state index contributed by atoms with van der Waals surface area (Å²) in [5.41, 5.74) is 1.27. The van der Waals surface area contributed by atoms with E-state index in [1.54, 1.807) is 0 Å². The molecule has 164 valence electrons. The molecule has 2 heterocycles. The van der Waals surface area contributed by atoms with Gasteiger partial charge in [0, 0.05) is 18.3 Å². The van der Waals surface area contributed by atoms with E-state index in [-0.39, 0.29) is 47.7 Å². The van der Waals surface area contributed by atoms with Gasteiger partial charge in [0.2, 0.25) is 0 Å². The predicted molar refractivity (Wildman–Crippen MR) is 109 cm³/mol. The van der Waals surface area contributed by atoms with Crippen LogP contribution >= 0.6 is 0 Å². The van der Waals surface area contributed by atoms with Crippen LogP contribution in [-0.4, -0.2) is 46.0 Å². The fraction of sp³-hybridized carbons (Fsp3) is 0.217.